The van der Waals surface area contributed by atoms with E-state index in [1.165, 1.54) is 56.4 Å². The molecule has 1 fully saturated rings. The van der Waals surface area contributed by atoms with Crippen LogP contribution in [0, 0.1) is 16.0 Å². The lowest BCUT2D eigenvalue weighted by Gasteiger charge is -2.23. The second-order valence-corrected chi connectivity index (χ2v) is 9.39. The third-order valence-electron chi connectivity index (χ3n) is 6.79. The number of methoxy groups -OCH3 is 1. The van der Waals surface area contributed by atoms with Crippen LogP contribution >= 0.6 is 11.6 Å². The van der Waals surface area contributed by atoms with Crippen molar-refractivity contribution < 1.29 is 19.2 Å². The fraction of sp³-hybridized carbons (Fsp3) is 0.296. The Kier molecular flexibility index (Phi) is 6.34. The van der Waals surface area contributed by atoms with E-state index in [1.54, 1.807) is 19.2 Å². The first-order chi connectivity index (χ1) is 17.0. The average molecular weight is 493 g/mol. The number of benzene rings is 3. The van der Waals surface area contributed by atoms with Crippen molar-refractivity contribution >= 4 is 45.1 Å². The smallest absolute Gasteiger partial charge is 0.344 e. The maximum absolute atomic E-state index is 13.3. The molecule has 1 aliphatic rings. The van der Waals surface area contributed by atoms with Gasteiger partial charge < -0.3 is 14.0 Å². The molecule has 5 rings (SSSR count). The highest BCUT2D eigenvalue weighted by Crippen LogP contribution is 2.40. The Hall–Kier alpha value is -3.58. The molecule has 1 aromatic heterocycles. The Morgan fingerprint density at radius 1 is 1.09 bits per heavy atom. The molecule has 0 N–H and O–H groups in total. The molecule has 0 bridgehead atoms. The van der Waals surface area contributed by atoms with E-state index < -0.39 is 10.9 Å². The van der Waals surface area contributed by atoms with Crippen molar-refractivity contribution in [2.75, 3.05) is 7.11 Å². The zero-order valence-electron chi connectivity index (χ0n) is 19.3. The van der Waals surface area contributed by atoms with E-state index in [-0.39, 0.29) is 11.4 Å². The van der Waals surface area contributed by atoms with Crippen molar-refractivity contribution in [2.24, 2.45) is 5.92 Å². The molecule has 3 aromatic carbocycles. The average Bonchev–Trinajstić information content (AvgIpc) is 3.18. The summed E-state index contributed by atoms with van der Waals surface area (Å²) in [5.41, 5.74) is 2.14. The third kappa shape index (κ3) is 4.44. The van der Waals surface area contributed by atoms with E-state index in [9.17, 15) is 14.9 Å². The van der Waals surface area contributed by atoms with Gasteiger partial charge in [-0.15, -0.1) is 0 Å². The predicted molar refractivity (Wildman–Crippen MR) is 136 cm³/mol. The molecule has 0 radical (unpaired) electrons. The number of rotatable bonds is 6. The highest BCUT2D eigenvalue weighted by molar-refractivity contribution is 6.32. The lowest BCUT2D eigenvalue weighted by atomic mass is 9.89. The first kappa shape index (κ1) is 23.2. The number of hydrogen-bond acceptors (Lipinski definition) is 5. The molecule has 4 aromatic rings. The number of fused-ring (bicyclic) bond motifs is 3. The number of carbonyl (C=O) groups is 1. The summed E-state index contributed by atoms with van der Waals surface area (Å²) < 4.78 is 13.6. The van der Waals surface area contributed by atoms with Gasteiger partial charge in [-0.25, -0.2) is 4.79 Å². The fourth-order valence-corrected chi connectivity index (χ4v) is 5.30. The lowest BCUT2D eigenvalue weighted by Crippen LogP contribution is -2.14. The molecule has 1 aliphatic carbocycles. The van der Waals surface area contributed by atoms with Gasteiger partial charge in [-0.3, -0.25) is 10.1 Å². The Labute approximate surface area is 207 Å². The van der Waals surface area contributed by atoms with Crippen LogP contribution in [-0.4, -0.2) is 22.6 Å². The van der Waals surface area contributed by atoms with E-state index in [2.05, 4.69) is 4.57 Å². The number of aromatic nitrogens is 1. The molecule has 1 heterocycles. The summed E-state index contributed by atoms with van der Waals surface area (Å²) in [6.07, 6.45) is 6.11. The molecule has 0 unspecified atom stereocenters. The Bertz CT molecular complexity index is 1420. The van der Waals surface area contributed by atoms with Crippen molar-refractivity contribution in [2.45, 2.75) is 38.6 Å². The third-order valence-corrected chi connectivity index (χ3v) is 7.03. The van der Waals surface area contributed by atoms with E-state index in [0.29, 0.717) is 22.3 Å². The van der Waals surface area contributed by atoms with Gasteiger partial charge in [0.1, 0.15) is 11.5 Å². The van der Waals surface area contributed by atoms with E-state index in [1.807, 2.05) is 18.2 Å². The standard InChI is InChI=1S/C27H25ClN2O5/c1-34-24-14-12-21(27(31)35-20-10-8-19(9-11-20)30(32)33)25-22-15-18(28)7-13-23(22)29(26(24)25)16-17-5-3-2-4-6-17/h7-15,17H,2-6,16H2,1H3. The minimum Gasteiger partial charge on any atom is -0.495 e. The van der Waals surface area contributed by atoms with Crippen LogP contribution in [0.15, 0.2) is 54.6 Å². The van der Waals surface area contributed by atoms with Crippen LogP contribution in [-0.2, 0) is 6.54 Å². The second-order valence-electron chi connectivity index (χ2n) is 8.96. The van der Waals surface area contributed by atoms with Gasteiger partial charge in [0.25, 0.3) is 5.69 Å². The van der Waals surface area contributed by atoms with Crippen molar-refractivity contribution in [3.05, 3.63) is 75.3 Å². The van der Waals surface area contributed by atoms with Crippen LogP contribution in [0.5, 0.6) is 11.5 Å². The van der Waals surface area contributed by atoms with Crippen LogP contribution in [0.1, 0.15) is 42.5 Å². The van der Waals surface area contributed by atoms with Gasteiger partial charge in [-0.2, -0.15) is 0 Å². The normalized spacial score (nSPS) is 14.3. The van der Waals surface area contributed by atoms with Gasteiger partial charge in [-0.1, -0.05) is 30.9 Å². The molecule has 35 heavy (non-hydrogen) atoms. The van der Waals surface area contributed by atoms with Crippen LogP contribution in [0.25, 0.3) is 21.8 Å². The quantitative estimate of drug-likeness (QED) is 0.123. The number of esters is 1. The number of halogens is 1. The predicted octanol–water partition coefficient (Wildman–Crippen LogP) is 7.16. The first-order valence-electron chi connectivity index (χ1n) is 11.7. The SMILES string of the molecule is COc1ccc(C(=O)Oc2ccc([N+](=O)[O-])cc2)c2c3cc(Cl)ccc3n(CC3CCCCC3)c12. The van der Waals surface area contributed by atoms with Crippen LogP contribution < -0.4 is 9.47 Å². The highest BCUT2D eigenvalue weighted by atomic mass is 35.5. The Morgan fingerprint density at radius 3 is 2.51 bits per heavy atom. The van der Waals surface area contributed by atoms with Gasteiger partial charge in [0.2, 0.25) is 0 Å². The molecule has 0 amide bonds. The summed E-state index contributed by atoms with van der Waals surface area (Å²) in [7, 11) is 1.62. The number of hydrogen-bond donors (Lipinski definition) is 0. The maximum Gasteiger partial charge on any atom is 0.344 e. The van der Waals surface area contributed by atoms with Crippen molar-refractivity contribution in [1.82, 2.24) is 4.57 Å². The molecule has 0 atom stereocenters. The highest BCUT2D eigenvalue weighted by Gasteiger charge is 2.25. The fourth-order valence-electron chi connectivity index (χ4n) is 5.13. The van der Waals surface area contributed by atoms with Gasteiger partial charge in [0, 0.05) is 40.0 Å². The molecule has 180 valence electrons. The first-order valence-corrected chi connectivity index (χ1v) is 12.1. The van der Waals surface area contributed by atoms with Gasteiger partial charge >= 0.3 is 5.97 Å². The number of nitrogens with zero attached hydrogens (tertiary/aromatic N) is 2. The largest absolute Gasteiger partial charge is 0.495 e. The molecule has 7 nitrogen and oxygen atoms in total. The molecular weight excluding hydrogens is 468 g/mol. The van der Waals surface area contributed by atoms with E-state index >= 15 is 0 Å². The van der Waals surface area contributed by atoms with Crippen molar-refractivity contribution in [3.8, 4) is 11.5 Å². The number of nitro groups is 1. The van der Waals surface area contributed by atoms with Crippen molar-refractivity contribution in [1.29, 1.82) is 0 Å². The molecule has 0 aliphatic heterocycles. The summed E-state index contributed by atoms with van der Waals surface area (Å²) in [6.45, 7) is 0.832. The summed E-state index contributed by atoms with van der Waals surface area (Å²) in [5.74, 6) is 0.908. The minimum atomic E-state index is -0.553. The summed E-state index contributed by atoms with van der Waals surface area (Å²) in [5, 5.41) is 13.1. The van der Waals surface area contributed by atoms with Crippen LogP contribution in [0.4, 0.5) is 5.69 Å². The molecular formula is C27H25ClN2O5. The minimum absolute atomic E-state index is 0.0722. The Morgan fingerprint density at radius 2 is 1.83 bits per heavy atom. The molecule has 0 spiro atoms. The summed E-state index contributed by atoms with van der Waals surface area (Å²) in [6, 6.07) is 14.7. The van der Waals surface area contributed by atoms with E-state index in [4.69, 9.17) is 21.1 Å². The van der Waals surface area contributed by atoms with E-state index in [0.717, 1.165) is 28.4 Å². The van der Waals surface area contributed by atoms with Gasteiger partial charge in [0.15, 0.2) is 0 Å². The zero-order chi connectivity index (χ0) is 24.5. The Balaban J connectivity index is 1.63. The molecule has 1 saturated carbocycles. The molecule has 8 heteroatoms. The number of ether oxygens (including phenoxy) is 2. The number of carbonyl (C=O) groups excluding carboxylic acids is 1. The molecule has 0 saturated heterocycles. The summed E-state index contributed by atoms with van der Waals surface area (Å²) in [4.78, 5) is 23.8. The maximum atomic E-state index is 13.3. The number of nitro benzene ring substituents is 1. The van der Waals surface area contributed by atoms with Crippen LogP contribution in [0.3, 0.4) is 0 Å². The van der Waals surface area contributed by atoms with Gasteiger partial charge in [-0.05, 0) is 61.2 Å². The summed E-state index contributed by atoms with van der Waals surface area (Å²) >= 11 is 6.38. The monoisotopic (exact) mass is 492 g/mol. The second kappa shape index (κ2) is 9.58. The lowest BCUT2D eigenvalue weighted by molar-refractivity contribution is -0.384. The van der Waals surface area contributed by atoms with Gasteiger partial charge in [0.05, 0.1) is 23.1 Å². The zero-order valence-corrected chi connectivity index (χ0v) is 20.1. The topological polar surface area (TPSA) is 83.6 Å². The number of non-ortho nitro benzene ring substituents is 1. The van der Waals surface area contributed by atoms with Crippen LogP contribution in [0.2, 0.25) is 5.02 Å². The van der Waals surface area contributed by atoms with Crippen molar-refractivity contribution in [3.63, 3.8) is 0 Å².